The number of aryl methyl sites for hydroxylation is 1. The smallest absolute Gasteiger partial charge is 0.315 e. The van der Waals surface area contributed by atoms with Crippen molar-refractivity contribution in [3.05, 3.63) is 11.7 Å². The number of carboxylic acid groups (broad SMARTS) is 1. The van der Waals surface area contributed by atoms with Gasteiger partial charge in [-0.2, -0.15) is 4.98 Å². The molecule has 0 atom stereocenters. The largest absolute Gasteiger partial charge is 0.481 e. The molecule has 2 amide bonds. The highest BCUT2D eigenvalue weighted by Gasteiger charge is 2.26. The summed E-state index contributed by atoms with van der Waals surface area (Å²) in [6, 6.07) is -0.193. The van der Waals surface area contributed by atoms with Crippen molar-refractivity contribution in [2.24, 2.45) is 5.92 Å². The van der Waals surface area contributed by atoms with Gasteiger partial charge in [-0.1, -0.05) is 5.16 Å². The molecule has 0 aliphatic heterocycles. The Balaban J connectivity index is 1.62. The number of nitrogens with one attached hydrogen (secondary N) is 2. The molecule has 1 aromatic rings. The molecule has 0 spiro atoms. The number of nitrogens with zero attached hydrogens (tertiary/aromatic N) is 2. The lowest BCUT2D eigenvalue weighted by Crippen LogP contribution is -2.44. The molecule has 8 nitrogen and oxygen atoms in total. The summed E-state index contributed by atoms with van der Waals surface area (Å²) >= 11 is 0. The van der Waals surface area contributed by atoms with E-state index in [-0.39, 0.29) is 18.0 Å². The molecule has 1 saturated carbocycles. The van der Waals surface area contributed by atoms with Crippen molar-refractivity contribution in [3.8, 4) is 0 Å². The van der Waals surface area contributed by atoms with E-state index in [1.165, 1.54) is 0 Å². The minimum Gasteiger partial charge on any atom is -0.481 e. The summed E-state index contributed by atoms with van der Waals surface area (Å²) in [5.74, 6) is 0.0558. The van der Waals surface area contributed by atoms with E-state index in [1.807, 2.05) is 0 Å². The van der Waals surface area contributed by atoms with Gasteiger partial charge in [0, 0.05) is 25.9 Å². The first-order chi connectivity index (χ1) is 10.0. The van der Waals surface area contributed by atoms with Gasteiger partial charge in [0.1, 0.15) is 0 Å². The second-order valence-corrected chi connectivity index (χ2v) is 5.27. The van der Waals surface area contributed by atoms with E-state index in [4.69, 9.17) is 9.63 Å². The molecule has 0 unspecified atom stereocenters. The van der Waals surface area contributed by atoms with Crippen molar-refractivity contribution in [1.29, 1.82) is 0 Å². The molecule has 1 aliphatic carbocycles. The molecule has 1 aromatic heterocycles. The Labute approximate surface area is 122 Å². The molecule has 2 rings (SSSR count). The SMILES string of the molecule is Cc1nc(CCNC(=O)NC2CCC(C(=O)O)CC2)no1. The maximum Gasteiger partial charge on any atom is 0.315 e. The van der Waals surface area contributed by atoms with Crippen LogP contribution < -0.4 is 10.6 Å². The Bertz CT molecular complexity index is 494. The van der Waals surface area contributed by atoms with Crippen LogP contribution in [0.5, 0.6) is 0 Å². The molecule has 0 aromatic carbocycles. The van der Waals surface area contributed by atoms with Crippen molar-refractivity contribution >= 4 is 12.0 Å². The highest BCUT2D eigenvalue weighted by Crippen LogP contribution is 2.24. The van der Waals surface area contributed by atoms with Crippen molar-refractivity contribution in [2.45, 2.75) is 45.1 Å². The van der Waals surface area contributed by atoms with Gasteiger partial charge in [-0.15, -0.1) is 0 Å². The lowest BCUT2D eigenvalue weighted by molar-refractivity contribution is -0.142. The van der Waals surface area contributed by atoms with Gasteiger partial charge in [-0.25, -0.2) is 4.79 Å². The number of amides is 2. The third-order valence-electron chi connectivity index (χ3n) is 3.62. The zero-order valence-electron chi connectivity index (χ0n) is 12.0. The lowest BCUT2D eigenvalue weighted by atomic mass is 9.86. The fraction of sp³-hybridized carbons (Fsp3) is 0.692. The van der Waals surface area contributed by atoms with E-state index >= 15 is 0 Å². The number of aliphatic carboxylic acids is 1. The van der Waals surface area contributed by atoms with Gasteiger partial charge >= 0.3 is 12.0 Å². The predicted octanol–water partition coefficient (Wildman–Crippen LogP) is 0.863. The third-order valence-corrected chi connectivity index (χ3v) is 3.62. The van der Waals surface area contributed by atoms with Gasteiger partial charge in [0.15, 0.2) is 5.82 Å². The molecule has 3 N–H and O–H groups in total. The molecule has 1 fully saturated rings. The maximum absolute atomic E-state index is 11.7. The average molecular weight is 296 g/mol. The Hall–Kier alpha value is -2.12. The number of hydrogen-bond acceptors (Lipinski definition) is 5. The first-order valence-corrected chi connectivity index (χ1v) is 7.11. The first kappa shape index (κ1) is 15.3. The van der Waals surface area contributed by atoms with E-state index in [0.717, 1.165) is 0 Å². The minimum absolute atomic E-state index is 0.0491. The van der Waals surface area contributed by atoms with Crippen LogP contribution in [0.4, 0.5) is 4.79 Å². The van der Waals surface area contributed by atoms with Crippen molar-refractivity contribution in [3.63, 3.8) is 0 Å². The van der Waals surface area contributed by atoms with Crippen LogP contribution in [0.2, 0.25) is 0 Å². The third kappa shape index (κ3) is 4.73. The monoisotopic (exact) mass is 296 g/mol. The summed E-state index contributed by atoms with van der Waals surface area (Å²) in [4.78, 5) is 26.6. The van der Waals surface area contributed by atoms with Gasteiger partial charge in [0.25, 0.3) is 0 Å². The Kier molecular flexibility index (Phi) is 5.13. The van der Waals surface area contributed by atoms with Crippen molar-refractivity contribution in [2.75, 3.05) is 6.54 Å². The van der Waals surface area contributed by atoms with Crippen molar-refractivity contribution in [1.82, 2.24) is 20.8 Å². The number of carbonyl (C=O) groups excluding carboxylic acids is 1. The molecule has 0 radical (unpaired) electrons. The normalized spacial score (nSPS) is 21.8. The van der Waals surface area contributed by atoms with Crippen LogP contribution in [0.3, 0.4) is 0 Å². The number of carbonyl (C=O) groups is 2. The fourth-order valence-electron chi connectivity index (χ4n) is 2.45. The summed E-state index contributed by atoms with van der Waals surface area (Å²) in [6.07, 6.45) is 3.14. The Morgan fingerprint density at radius 2 is 2.05 bits per heavy atom. The molecule has 0 saturated heterocycles. The zero-order chi connectivity index (χ0) is 15.2. The zero-order valence-corrected chi connectivity index (χ0v) is 12.0. The second-order valence-electron chi connectivity index (χ2n) is 5.27. The molecule has 8 heteroatoms. The highest BCUT2D eigenvalue weighted by molar-refractivity contribution is 5.74. The standard InChI is InChI=1S/C13H20N4O4/c1-8-15-11(17-21-8)6-7-14-13(20)16-10-4-2-9(3-5-10)12(18)19/h9-10H,2-7H2,1H3,(H,18,19)(H2,14,16,20). The molecular formula is C13H20N4O4. The summed E-state index contributed by atoms with van der Waals surface area (Å²) in [5.41, 5.74) is 0. The molecular weight excluding hydrogens is 276 g/mol. The van der Waals surface area contributed by atoms with E-state index in [2.05, 4.69) is 20.8 Å². The number of rotatable bonds is 5. The second kappa shape index (κ2) is 7.05. The number of aromatic nitrogens is 2. The van der Waals surface area contributed by atoms with Gasteiger partial charge in [-0.3, -0.25) is 4.79 Å². The topological polar surface area (TPSA) is 117 Å². The number of hydrogen-bond donors (Lipinski definition) is 3. The van der Waals surface area contributed by atoms with E-state index in [0.29, 0.717) is 50.4 Å². The van der Waals surface area contributed by atoms with Gasteiger partial charge in [0.2, 0.25) is 5.89 Å². The van der Waals surface area contributed by atoms with Crippen LogP contribution in [0.1, 0.15) is 37.4 Å². The predicted molar refractivity (Wildman–Crippen MR) is 72.7 cm³/mol. The van der Waals surface area contributed by atoms with Gasteiger partial charge < -0.3 is 20.3 Å². The van der Waals surface area contributed by atoms with Crippen LogP contribution in [-0.4, -0.2) is 39.8 Å². The molecule has 116 valence electrons. The van der Waals surface area contributed by atoms with Crippen LogP contribution >= 0.6 is 0 Å². The Morgan fingerprint density at radius 1 is 1.33 bits per heavy atom. The number of carboxylic acids is 1. The molecule has 0 bridgehead atoms. The van der Waals surface area contributed by atoms with Crippen LogP contribution in [0, 0.1) is 12.8 Å². The Morgan fingerprint density at radius 3 is 2.62 bits per heavy atom. The summed E-state index contributed by atoms with van der Waals surface area (Å²) in [6.45, 7) is 2.14. The van der Waals surface area contributed by atoms with Gasteiger partial charge in [-0.05, 0) is 25.7 Å². The van der Waals surface area contributed by atoms with E-state index in [9.17, 15) is 9.59 Å². The summed E-state index contributed by atoms with van der Waals surface area (Å²) in [5, 5.41) is 18.2. The molecule has 1 heterocycles. The van der Waals surface area contributed by atoms with E-state index < -0.39 is 5.97 Å². The van der Waals surface area contributed by atoms with Crippen molar-refractivity contribution < 1.29 is 19.2 Å². The van der Waals surface area contributed by atoms with Crippen LogP contribution in [0.15, 0.2) is 4.52 Å². The molecule has 1 aliphatic rings. The average Bonchev–Trinajstić information content (AvgIpc) is 2.85. The van der Waals surface area contributed by atoms with Gasteiger partial charge in [0.05, 0.1) is 5.92 Å². The highest BCUT2D eigenvalue weighted by atomic mass is 16.5. The number of urea groups is 1. The first-order valence-electron chi connectivity index (χ1n) is 7.11. The summed E-state index contributed by atoms with van der Waals surface area (Å²) in [7, 11) is 0. The van der Waals surface area contributed by atoms with Crippen LogP contribution in [0.25, 0.3) is 0 Å². The minimum atomic E-state index is -0.742. The lowest BCUT2D eigenvalue weighted by Gasteiger charge is -2.26. The quantitative estimate of drug-likeness (QED) is 0.742. The fourth-order valence-corrected chi connectivity index (χ4v) is 2.45. The maximum atomic E-state index is 11.7. The van der Waals surface area contributed by atoms with Crippen LogP contribution in [-0.2, 0) is 11.2 Å². The van der Waals surface area contributed by atoms with E-state index in [1.54, 1.807) is 6.92 Å². The summed E-state index contributed by atoms with van der Waals surface area (Å²) < 4.78 is 4.84. The molecule has 21 heavy (non-hydrogen) atoms.